The fourth-order valence-electron chi connectivity index (χ4n) is 2.62. The van der Waals surface area contributed by atoms with Gasteiger partial charge in [0.05, 0.1) is 24.7 Å². The number of hydrogen-bond acceptors (Lipinski definition) is 5. The van der Waals surface area contributed by atoms with Crippen molar-refractivity contribution in [2.24, 2.45) is 5.41 Å². The lowest BCUT2D eigenvalue weighted by atomic mass is 9.70. The van der Waals surface area contributed by atoms with Gasteiger partial charge in [-0.1, -0.05) is 12.1 Å². The van der Waals surface area contributed by atoms with Crippen LogP contribution in [0.25, 0.3) is 0 Å². The minimum absolute atomic E-state index is 0.0626. The lowest BCUT2D eigenvalue weighted by Gasteiger charge is -2.36. The van der Waals surface area contributed by atoms with E-state index in [1.807, 2.05) is 6.07 Å². The molecule has 0 aromatic heterocycles. The molecular formula is C14H17NO4S. The molecule has 1 aliphatic rings. The van der Waals surface area contributed by atoms with Crippen LogP contribution in [0.4, 0.5) is 0 Å². The van der Waals surface area contributed by atoms with E-state index in [4.69, 9.17) is 4.74 Å². The number of hydrogen-bond donors (Lipinski definition) is 1. The Labute approximate surface area is 118 Å². The minimum atomic E-state index is -3.28. The maximum absolute atomic E-state index is 11.7. The van der Waals surface area contributed by atoms with Crippen LogP contribution in [0, 0.1) is 16.7 Å². The van der Waals surface area contributed by atoms with Crippen molar-refractivity contribution in [3.63, 3.8) is 0 Å². The van der Waals surface area contributed by atoms with Gasteiger partial charge in [-0.25, -0.2) is 8.42 Å². The molecule has 5 nitrogen and oxygen atoms in total. The van der Waals surface area contributed by atoms with Gasteiger partial charge < -0.3 is 9.84 Å². The molecule has 0 spiro atoms. The van der Waals surface area contributed by atoms with E-state index in [0.29, 0.717) is 11.3 Å². The standard InChI is InChI=1S/C14H17NO4S/c1-13(16,11-3-5-12(19-2)6-4-11)14(9-15)7-8-20(17,18)10-14/h3-6,16H,7-8,10H2,1-2H3. The van der Waals surface area contributed by atoms with E-state index in [9.17, 15) is 18.8 Å². The number of sulfone groups is 1. The highest BCUT2D eigenvalue weighted by Crippen LogP contribution is 2.47. The van der Waals surface area contributed by atoms with Crippen molar-refractivity contribution in [3.05, 3.63) is 29.8 Å². The van der Waals surface area contributed by atoms with Gasteiger partial charge in [0, 0.05) is 0 Å². The Balaban J connectivity index is 2.45. The molecule has 0 amide bonds. The second kappa shape index (κ2) is 4.76. The van der Waals surface area contributed by atoms with Crippen LogP contribution in [0.3, 0.4) is 0 Å². The summed E-state index contributed by atoms with van der Waals surface area (Å²) in [7, 11) is -1.74. The van der Waals surface area contributed by atoms with E-state index in [2.05, 4.69) is 0 Å². The van der Waals surface area contributed by atoms with Crippen molar-refractivity contribution in [2.45, 2.75) is 18.9 Å². The third-order valence-corrected chi connectivity index (χ3v) is 5.86. The molecule has 2 atom stereocenters. The smallest absolute Gasteiger partial charge is 0.152 e. The average Bonchev–Trinajstić information content (AvgIpc) is 2.76. The fourth-order valence-corrected chi connectivity index (χ4v) is 4.67. The molecule has 1 saturated heterocycles. The summed E-state index contributed by atoms with van der Waals surface area (Å²) in [5.74, 6) is 0.261. The molecule has 1 aromatic rings. The lowest BCUT2D eigenvalue weighted by molar-refractivity contribution is -0.0323. The molecule has 0 saturated carbocycles. The van der Waals surface area contributed by atoms with Gasteiger partial charge in [0.1, 0.15) is 16.8 Å². The molecule has 0 radical (unpaired) electrons. The van der Waals surface area contributed by atoms with Gasteiger partial charge in [0.15, 0.2) is 9.84 Å². The quantitative estimate of drug-likeness (QED) is 0.906. The highest BCUT2D eigenvalue weighted by molar-refractivity contribution is 7.91. The number of ether oxygens (including phenoxy) is 1. The van der Waals surface area contributed by atoms with E-state index in [1.165, 1.54) is 14.0 Å². The molecule has 1 fully saturated rings. The predicted octanol–water partition coefficient (Wildman–Crippen LogP) is 1.23. The topological polar surface area (TPSA) is 87.4 Å². The van der Waals surface area contributed by atoms with Crippen LogP contribution in [0.15, 0.2) is 24.3 Å². The first-order valence-electron chi connectivity index (χ1n) is 6.25. The Kier molecular flexibility index (Phi) is 3.53. The van der Waals surface area contributed by atoms with E-state index in [0.717, 1.165) is 0 Å². The molecule has 1 heterocycles. The normalized spacial score (nSPS) is 27.5. The van der Waals surface area contributed by atoms with Gasteiger partial charge in [0.25, 0.3) is 0 Å². The lowest BCUT2D eigenvalue weighted by Crippen LogP contribution is -2.43. The van der Waals surface area contributed by atoms with Gasteiger partial charge in [0.2, 0.25) is 0 Å². The number of nitrogens with zero attached hydrogens (tertiary/aromatic N) is 1. The van der Waals surface area contributed by atoms with Crippen molar-refractivity contribution in [1.29, 1.82) is 5.26 Å². The maximum Gasteiger partial charge on any atom is 0.152 e. The first-order chi connectivity index (χ1) is 9.26. The van der Waals surface area contributed by atoms with Gasteiger partial charge in [-0.2, -0.15) is 5.26 Å². The largest absolute Gasteiger partial charge is 0.497 e. The second-order valence-corrected chi connectivity index (χ2v) is 7.52. The Morgan fingerprint density at radius 2 is 2.00 bits per heavy atom. The Hall–Kier alpha value is -1.58. The summed E-state index contributed by atoms with van der Waals surface area (Å²) in [5, 5.41) is 20.3. The van der Waals surface area contributed by atoms with Crippen molar-refractivity contribution < 1.29 is 18.3 Å². The monoisotopic (exact) mass is 295 g/mol. The van der Waals surface area contributed by atoms with E-state index in [-0.39, 0.29) is 17.9 Å². The summed E-state index contributed by atoms with van der Waals surface area (Å²) in [6.45, 7) is 1.50. The third-order valence-electron chi connectivity index (χ3n) is 4.10. The number of methoxy groups -OCH3 is 1. The zero-order valence-electron chi connectivity index (χ0n) is 11.5. The predicted molar refractivity (Wildman–Crippen MR) is 73.9 cm³/mol. The van der Waals surface area contributed by atoms with Crippen molar-refractivity contribution in [3.8, 4) is 11.8 Å². The van der Waals surface area contributed by atoms with Crippen molar-refractivity contribution in [2.75, 3.05) is 18.6 Å². The molecule has 1 N–H and O–H groups in total. The first-order valence-corrected chi connectivity index (χ1v) is 8.07. The molecule has 0 bridgehead atoms. The third kappa shape index (κ3) is 2.28. The highest BCUT2D eigenvalue weighted by Gasteiger charge is 2.55. The van der Waals surface area contributed by atoms with E-state index in [1.54, 1.807) is 24.3 Å². The number of rotatable bonds is 3. The highest BCUT2D eigenvalue weighted by atomic mass is 32.2. The first kappa shape index (κ1) is 14.8. The summed E-state index contributed by atoms with van der Waals surface area (Å²) in [6.07, 6.45) is 0.144. The van der Waals surface area contributed by atoms with Crippen LogP contribution in [0.2, 0.25) is 0 Å². The number of aliphatic hydroxyl groups is 1. The van der Waals surface area contributed by atoms with Crippen molar-refractivity contribution >= 4 is 9.84 Å². The van der Waals surface area contributed by atoms with Crippen LogP contribution in [-0.4, -0.2) is 32.1 Å². The fraction of sp³-hybridized carbons (Fsp3) is 0.500. The SMILES string of the molecule is COc1ccc(C(C)(O)C2(C#N)CCS(=O)(=O)C2)cc1. The zero-order valence-corrected chi connectivity index (χ0v) is 12.3. The second-order valence-electron chi connectivity index (χ2n) is 5.34. The van der Waals surface area contributed by atoms with Gasteiger partial charge in [-0.3, -0.25) is 0 Å². The zero-order chi connectivity index (χ0) is 15.0. The van der Waals surface area contributed by atoms with Gasteiger partial charge in [-0.05, 0) is 31.0 Å². The molecule has 1 aromatic carbocycles. The summed E-state index contributed by atoms with van der Waals surface area (Å²) < 4.78 is 28.5. The molecule has 20 heavy (non-hydrogen) atoms. The summed E-state index contributed by atoms with van der Waals surface area (Å²) in [4.78, 5) is 0. The summed E-state index contributed by atoms with van der Waals surface area (Å²) in [5.41, 5.74) is -2.32. The maximum atomic E-state index is 11.7. The summed E-state index contributed by atoms with van der Waals surface area (Å²) >= 11 is 0. The van der Waals surface area contributed by atoms with Gasteiger partial charge >= 0.3 is 0 Å². The van der Waals surface area contributed by atoms with E-state index >= 15 is 0 Å². The van der Waals surface area contributed by atoms with Crippen LogP contribution >= 0.6 is 0 Å². The Bertz CT molecular complexity index is 643. The molecule has 108 valence electrons. The average molecular weight is 295 g/mol. The molecule has 1 aliphatic heterocycles. The van der Waals surface area contributed by atoms with Gasteiger partial charge in [-0.15, -0.1) is 0 Å². The van der Waals surface area contributed by atoms with Crippen LogP contribution in [0.1, 0.15) is 18.9 Å². The Morgan fingerprint density at radius 1 is 1.40 bits per heavy atom. The minimum Gasteiger partial charge on any atom is -0.497 e. The molecular weight excluding hydrogens is 278 g/mol. The summed E-state index contributed by atoms with van der Waals surface area (Å²) in [6, 6.07) is 8.71. The van der Waals surface area contributed by atoms with E-state index < -0.39 is 20.9 Å². The Morgan fingerprint density at radius 3 is 2.40 bits per heavy atom. The van der Waals surface area contributed by atoms with Crippen molar-refractivity contribution in [1.82, 2.24) is 0 Å². The van der Waals surface area contributed by atoms with Crippen LogP contribution < -0.4 is 4.74 Å². The molecule has 0 aliphatic carbocycles. The number of nitriles is 1. The number of benzene rings is 1. The molecule has 2 unspecified atom stereocenters. The van der Waals surface area contributed by atoms with Crippen LogP contribution in [-0.2, 0) is 15.4 Å². The van der Waals surface area contributed by atoms with Crippen LogP contribution in [0.5, 0.6) is 5.75 Å². The molecule has 6 heteroatoms. The molecule has 2 rings (SSSR count).